The molecule has 2 heterocycles. The molecule has 2 aromatic rings. The number of benzene rings is 1. The van der Waals surface area contributed by atoms with Crippen LogP contribution in [0.25, 0.3) is 5.69 Å². The molecule has 1 fully saturated rings. The molecule has 0 atom stereocenters. The number of hydrogen-bond donors (Lipinski definition) is 0. The van der Waals surface area contributed by atoms with Crippen molar-refractivity contribution in [3.05, 3.63) is 47.3 Å². The van der Waals surface area contributed by atoms with E-state index in [-0.39, 0.29) is 23.7 Å². The smallest absolute Gasteiger partial charge is 0.257 e. The van der Waals surface area contributed by atoms with Gasteiger partial charge in [-0.3, -0.25) is 9.59 Å². The van der Waals surface area contributed by atoms with Crippen molar-refractivity contribution < 1.29 is 9.59 Å². The highest BCUT2D eigenvalue weighted by Crippen LogP contribution is 2.31. The Morgan fingerprint density at radius 2 is 1.46 bits per heavy atom. The quantitative estimate of drug-likeness (QED) is 0.814. The lowest BCUT2D eigenvalue weighted by atomic mass is 9.97. The van der Waals surface area contributed by atoms with Crippen LogP contribution >= 0.6 is 0 Å². The van der Waals surface area contributed by atoms with Crippen molar-refractivity contribution in [2.45, 2.75) is 46.5 Å². The number of hydrogen-bond acceptors (Lipinski definition) is 3. The monoisotopic (exact) mass is 382 g/mol. The van der Waals surface area contributed by atoms with Gasteiger partial charge >= 0.3 is 0 Å². The van der Waals surface area contributed by atoms with Crippen molar-refractivity contribution in [2.75, 3.05) is 26.2 Å². The number of nitrogens with zero attached hydrogens (tertiary/aromatic N) is 4. The number of carbonyl (C=O) groups excluding carboxylic acids is 2. The Kier molecular flexibility index (Phi) is 5.87. The molecule has 150 valence electrons. The number of aromatic nitrogens is 2. The predicted octanol–water partition coefficient (Wildman–Crippen LogP) is 3.42. The number of amides is 2. The van der Waals surface area contributed by atoms with Crippen LogP contribution in [0.2, 0.25) is 0 Å². The van der Waals surface area contributed by atoms with Crippen molar-refractivity contribution in [3.8, 4) is 5.69 Å². The topological polar surface area (TPSA) is 58.4 Å². The summed E-state index contributed by atoms with van der Waals surface area (Å²) in [7, 11) is 0. The molecule has 6 nitrogen and oxygen atoms in total. The second-order valence-electron chi connectivity index (χ2n) is 8.00. The van der Waals surface area contributed by atoms with E-state index in [0.717, 1.165) is 22.6 Å². The van der Waals surface area contributed by atoms with Crippen LogP contribution in [0.3, 0.4) is 0 Å². The maximum atomic E-state index is 13.5. The Morgan fingerprint density at radius 3 is 1.96 bits per heavy atom. The van der Waals surface area contributed by atoms with E-state index in [9.17, 15) is 9.59 Å². The van der Waals surface area contributed by atoms with E-state index < -0.39 is 0 Å². The first-order chi connectivity index (χ1) is 13.3. The molecule has 1 aliphatic heterocycles. The van der Waals surface area contributed by atoms with Crippen molar-refractivity contribution >= 4 is 11.8 Å². The molecule has 0 N–H and O–H groups in total. The van der Waals surface area contributed by atoms with E-state index >= 15 is 0 Å². The van der Waals surface area contributed by atoms with E-state index in [1.165, 1.54) is 0 Å². The van der Waals surface area contributed by atoms with E-state index in [1.807, 2.05) is 39.9 Å². The summed E-state index contributed by atoms with van der Waals surface area (Å²) in [5.74, 6) is 0.380. The van der Waals surface area contributed by atoms with Crippen LogP contribution in [0.4, 0.5) is 0 Å². The molecule has 1 aromatic heterocycles. The van der Waals surface area contributed by atoms with Gasteiger partial charge in [0.05, 0.1) is 22.6 Å². The minimum absolute atomic E-state index is 0.0257. The summed E-state index contributed by atoms with van der Waals surface area (Å²) in [4.78, 5) is 28.8. The lowest BCUT2D eigenvalue weighted by Gasteiger charge is -2.34. The minimum atomic E-state index is 0.0257. The average Bonchev–Trinajstić information content (AvgIpc) is 3.09. The van der Waals surface area contributed by atoms with Gasteiger partial charge in [-0.25, -0.2) is 4.68 Å². The first-order valence-electron chi connectivity index (χ1n) is 10.0. The van der Waals surface area contributed by atoms with E-state index in [1.54, 1.807) is 11.8 Å². The van der Waals surface area contributed by atoms with Crippen molar-refractivity contribution in [3.63, 3.8) is 0 Å². The molecular formula is C22H30N4O2. The zero-order chi connectivity index (χ0) is 20.4. The third kappa shape index (κ3) is 3.81. The SMILES string of the molecule is CC(=O)N1CCN(C(=O)c2c(C(C)C)nn(-c3ccccc3)c2C(C)C)CC1. The first kappa shape index (κ1) is 20.1. The Hall–Kier alpha value is -2.63. The Balaban J connectivity index is 2.03. The van der Waals surface area contributed by atoms with Crippen LogP contribution in [0.15, 0.2) is 30.3 Å². The van der Waals surface area contributed by atoms with Crippen LogP contribution in [0.5, 0.6) is 0 Å². The Morgan fingerprint density at radius 1 is 0.893 bits per heavy atom. The van der Waals surface area contributed by atoms with Crippen LogP contribution in [-0.2, 0) is 4.79 Å². The largest absolute Gasteiger partial charge is 0.339 e. The minimum Gasteiger partial charge on any atom is -0.339 e. The van der Waals surface area contributed by atoms with Crippen molar-refractivity contribution in [1.82, 2.24) is 19.6 Å². The van der Waals surface area contributed by atoms with Gasteiger partial charge in [0.15, 0.2) is 0 Å². The van der Waals surface area contributed by atoms with Gasteiger partial charge in [-0.2, -0.15) is 5.10 Å². The lowest BCUT2D eigenvalue weighted by molar-refractivity contribution is -0.130. The van der Waals surface area contributed by atoms with Crippen molar-refractivity contribution in [2.24, 2.45) is 0 Å². The standard InChI is InChI=1S/C22H30N4O2/c1-15(2)20-19(22(28)25-13-11-24(12-14-25)17(5)27)21(16(3)4)26(23-20)18-9-7-6-8-10-18/h6-10,15-16H,11-14H2,1-5H3. The second kappa shape index (κ2) is 8.17. The highest BCUT2D eigenvalue weighted by molar-refractivity contribution is 5.97. The third-order valence-electron chi connectivity index (χ3n) is 5.27. The lowest BCUT2D eigenvalue weighted by Crippen LogP contribution is -2.50. The van der Waals surface area contributed by atoms with E-state index in [4.69, 9.17) is 5.10 Å². The highest BCUT2D eigenvalue weighted by atomic mass is 16.2. The molecule has 6 heteroatoms. The third-order valence-corrected chi connectivity index (χ3v) is 5.27. The van der Waals surface area contributed by atoms with Crippen LogP contribution in [-0.4, -0.2) is 57.6 Å². The molecular weight excluding hydrogens is 352 g/mol. The van der Waals surface area contributed by atoms with E-state index in [2.05, 4.69) is 27.7 Å². The molecule has 2 amide bonds. The first-order valence-corrected chi connectivity index (χ1v) is 10.0. The molecule has 1 saturated heterocycles. The van der Waals surface area contributed by atoms with Gasteiger partial charge in [0.2, 0.25) is 5.91 Å². The molecule has 3 rings (SSSR count). The fraction of sp³-hybridized carbons (Fsp3) is 0.500. The Bertz CT molecular complexity index is 847. The summed E-state index contributed by atoms with van der Waals surface area (Å²) < 4.78 is 1.93. The number of para-hydroxylation sites is 1. The fourth-order valence-electron chi connectivity index (χ4n) is 3.75. The molecule has 0 unspecified atom stereocenters. The van der Waals surface area contributed by atoms with Gasteiger partial charge in [-0.05, 0) is 24.0 Å². The maximum Gasteiger partial charge on any atom is 0.257 e. The molecule has 0 aliphatic carbocycles. The molecule has 1 aliphatic rings. The number of carbonyl (C=O) groups is 2. The summed E-state index contributed by atoms with van der Waals surface area (Å²) in [5.41, 5.74) is 3.49. The normalized spacial score (nSPS) is 14.8. The molecule has 1 aromatic carbocycles. The summed E-state index contributed by atoms with van der Waals surface area (Å²) in [5, 5.41) is 4.86. The predicted molar refractivity (Wildman–Crippen MR) is 110 cm³/mol. The fourth-order valence-corrected chi connectivity index (χ4v) is 3.75. The summed E-state index contributed by atoms with van der Waals surface area (Å²) in [6, 6.07) is 9.98. The van der Waals surface area contributed by atoms with Crippen LogP contribution in [0, 0.1) is 0 Å². The van der Waals surface area contributed by atoms with Gasteiger partial charge in [-0.1, -0.05) is 45.9 Å². The summed E-state index contributed by atoms with van der Waals surface area (Å²) >= 11 is 0. The molecule has 0 saturated carbocycles. The maximum absolute atomic E-state index is 13.5. The molecule has 0 bridgehead atoms. The van der Waals surface area contributed by atoms with Crippen molar-refractivity contribution in [1.29, 1.82) is 0 Å². The average molecular weight is 383 g/mol. The summed E-state index contributed by atoms with van der Waals surface area (Å²) in [6.07, 6.45) is 0. The number of piperazine rings is 1. The van der Waals surface area contributed by atoms with Crippen LogP contribution < -0.4 is 0 Å². The second-order valence-corrected chi connectivity index (χ2v) is 8.00. The van der Waals surface area contributed by atoms with Crippen LogP contribution in [0.1, 0.15) is 68.2 Å². The number of rotatable bonds is 4. The van der Waals surface area contributed by atoms with Gasteiger partial charge in [0.25, 0.3) is 5.91 Å². The van der Waals surface area contributed by atoms with Gasteiger partial charge in [-0.15, -0.1) is 0 Å². The van der Waals surface area contributed by atoms with E-state index in [0.29, 0.717) is 26.2 Å². The highest BCUT2D eigenvalue weighted by Gasteiger charge is 2.32. The molecule has 0 radical (unpaired) electrons. The molecule has 28 heavy (non-hydrogen) atoms. The summed E-state index contributed by atoms with van der Waals surface area (Å²) in [6.45, 7) is 12.2. The zero-order valence-corrected chi connectivity index (χ0v) is 17.5. The zero-order valence-electron chi connectivity index (χ0n) is 17.5. The van der Waals surface area contributed by atoms with Gasteiger partial charge in [0.1, 0.15) is 0 Å². The molecule has 0 spiro atoms. The Labute approximate surface area is 167 Å². The van der Waals surface area contributed by atoms with Gasteiger partial charge < -0.3 is 9.80 Å². The van der Waals surface area contributed by atoms with Gasteiger partial charge in [0, 0.05) is 33.1 Å².